The summed E-state index contributed by atoms with van der Waals surface area (Å²) < 4.78 is 67.9. The highest BCUT2D eigenvalue weighted by atomic mass is 19.2. The molecule has 150 valence electrons. The van der Waals surface area contributed by atoms with Crippen molar-refractivity contribution >= 4 is 0 Å². The molecule has 8 heteroatoms. The first-order valence-corrected chi connectivity index (χ1v) is 9.11. The van der Waals surface area contributed by atoms with Gasteiger partial charge in [-0.05, 0) is 37.0 Å². The standard InChI is InChI=1S/C21H16F5N3/c22-16-15(17(23)19(25)20(26)18(16)24)12-6-7-13(28-9-12)10-29-14-5-1-3-11-4-2-8-27-21(11)14/h2,4,6-9,14,29H,1,3,5,10H2/t14-/m1/s1. The molecule has 4 rings (SSSR count). The number of hydrogen-bond acceptors (Lipinski definition) is 3. The maximum Gasteiger partial charge on any atom is 0.200 e. The molecule has 1 aliphatic carbocycles. The minimum atomic E-state index is -2.18. The van der Waals surface area contributed by atoms with Gasteiger partial charge in [0.2, 0.25) is 5.82 Å². The van der Waals surface area contributed by atoms with E-state index < -0.39 is 34.6 Å². The van der Waals surface area contributed by atoms with E-state index in [4.69, 9.17) is 0 Å². The number of benzene rings is 1. The second-order valence-electron chi connectivity index (χ2n) is 6.86. The van der Waals surface area contributed by atoms with E-state index in [2.05, 4.69) is 15.3 Å². The van der Waals surface area contributed by atoms with Gasteiger partial charge in [0.05, 0.1) is 23.0 Å². The Morgan fingerprint density at radius 2 is 1.62 bits per heavy atom. The summed E-state index contributed by atoms with van der Waals surface area (Å²) in [6.45, 7) is 0.373. The van der Waals surface area contributed by atoms with Crippen LogP contribution < -0.4 is 5.32 Å². The van der Waals surface area contributed by atoms with Crippen molar-refractivity contribution in [3.05, 3.63) is 82.7 Å². The summed E-state index contributed by atoms with van der Waals surface area (Å²) in [5, 5.41) is 3.36. The molecule has 1 N–H and O–H groups in total. The van der Waals surface area contributed by atoms with Gasteiger partial charge >= 0.3 is 0 Å². The predicted molar refractivity (Wildman–Crippen MR) is 96.2 cm³/mol. The highest BCUT2D eigenvalue weighted by Crippen LogP contribution is 2.31. The number of nitrogens with zero attached hydrogens (tertiary/aromatic N) is 2. The Bertz CT molecular complexity index is 1020. The summed E-state index contributed by atoms with van der Waals surface area (Å²) in [4.78, 5) is 8.55. The van der Waals surface area contributed by atoms with Crippen LogP contribution in [0.4, 0.5) is 22.0 Å². The van der Waals surface area contributed by atoms with Crippen molar-refractivity contribution in [1.29, 1.82) is 0 Å². The summed E-state index contributed by atoms with van der Waals surface area (Å²) in [7, 11) is 0. The lowest BCUT2D eigenvalue weighted by atomic mass is 9.92. The molecule has 0 fully saturated rings. The molecule has 0 spiro atoms. The molecule has 2 aromatic heterocycles. The van der Waals surface area contributed by atoms with Gasteiger partial charge in [-0.2, -0.15) is 0 Å². The highest BCUT2D eigenvalue weighted by molar-refractivity contribution is 5.64. The third-order valence-corrected chi connectivity index (χ3v) is 5.05. The summed E-state index contributed by atoms with van der Waals surface area (Å²) in [5.41, 5.74) is 1.59. The van der Waals surface area contributed by atoms with Gasteiger partial charge < -0.3 is 5.32 Å². The normalized spacial score (nSPS) is 16.0. The molecule has 1 atom stereocenters. The number of fused-ring (bicyclic) bond motifs is 1. The second-order valence-corrected chi connectivity index (χ2v) is 6.86. The second kappa shape index (κ2) is 7.87. The molecule has 2 heterocycles. The number of aryl methyl sites for hydroxylation is 1. The largest absolute Gasteiger partial charge is 0.303 e. The van der Waals surface area contributed by atoms with Crippen LogP contribution in [-0.4, -0.2) is 9.97 Å². The Labute approximate surface area is 163 Å². The third-order valence-electron chi connectivity index (χ3n) is 5.05. The van der Waals surface area contributed by atoms with E-state index in [1.54, 1.807) is 6.20 Å². The fourth-order valence-electron chi connectivity index (χ4n) is 3.57. The molecule has 3 nitrogen and oxygen atoms in total. The topological polar surface area (TPSA) is 37.8 Å². The highest BCUT2D eigenvalue weighted by Gasteiger charge is 2.27. The first-order chi connectivity index (χ1) is 14.0. The average molecular weight is 405 g/mol. The zero-order valence-electron chi connectivity index (χ0n) is 15.2. The number of pyridine rings is 2. The zero-order chi connectivity index (χ0) is 20.5. The van der Waals surface area contributed by atoms with Crippen molar-refractivity contribution in [2.75, 3.05) is 0 Å². The van der Waals surface area contributed by atoms with Crippen LogP contribution in [0.5, 0.6) is 0 Å². The van der Waals surface area contributed by atoms with Crippen LogP contribution in [0.2, 0.25) is 0 Å². The van der Waals surface area contributed by atoms with E-state index in [1.807, 2.05) is 12.1 Å². The van der Waals surface area contributed by atoms with E-state index in [-0.39, 0.29) is 11.6 Å². The van der Waals surface area contributed by atoms with Crippen LogP contribution in [-0.2, 0) is 13.0 Å². The molecule has 0 unspecified atom stereocenters. The van der Waals surface area contributed by atoms with Crippen LogP contribution >= 0.6 is 0 Å². The van der Waals surface area contributed by atoms with Crippen LogP contribution in [0.1, 0.15) is 35.8 Å². The molecule has 0 radical (unpaired) electrons. The Balaban J connectivity index is 1.53. The Hall–Kier alpha value is -2.87. The Kier molecular flexibility index (Phi) is 5.27. The summed E-state index contributed by atoms with van der Waals surface area (Å²) in [6, 6.07) is 6.79. The Morgan fingerprint density at radius 3 is 2.31 bits per heavy atom. The molecule has 0 saturated carbocycles. The van der Waals surface area contributed by atoms with Crippen molar-refractivity contribution in [3.8, 4) is 11.1 Å². The number of rotatable bonds is 4. The van der Waals surface area contributed by atoms with Gasteiger partial charge in [0.1, 0.15) is 0 Å². The molecule has 0 amide bonds. The number of aromatic nitrogens is 2. The van der Waals surface area contributed by atoms with Gasteiger partial charge in [0, 0.05) is 24.5 Å². The van der Waals surface area contributed by atoms with Crippen LogP contribution in [0.25, 0.3) is 11.1 Å². The minimum absolute atomic E-state index is 0.0663. The fourth-order valence-corrected chi connectivity index (χ4v) is 3.57. The van der Waals surface area contributed by atoms with Crippen molar-refractivity contribution < 1.29 is 22.0 Å². The van der Waals surface area contributed by atoms with Crippen molar-refractivity contribution in [3.63, 3.8) is 0 Å². The van der Waals surface area contributed by atoms with Crippen molar-refractivity contribution in [2.24, 2.45) is 0 Å². The van der Waals surface area contributed by atoms with E-state index in [0.717, 1.165) is 31.2 Å². The maximum absolute atomic E-state index is 14.0. The SMILES string of the molecule is Fc1c(F)c(F)c(-c2ccc(CN[C@@H]3CCCc4cccnc43)nc2)c(F)c1F. The summed E-state index contributed by atoms with van der Waals surface area (Å²) in [5.74, 6) is -9.89. The van der Waals surface area contributed by atoms with Gasteiger partial charge in [-0.25, -0.2) is 22.0 Å². The molecule has 1 aromatic carbocycles. The first kappa shape index (κ1) is 19.4. The van der Waals surface area contributed by atoms with Gasteiger partial charge in [0.25, 0.3) is 0 Å². The monoisotopic (exact) mass is 405 g/mol. The van der Waals surface area contributed by atoms with Gasteiger partial charge in [-0.15, -0.1) is 0 Å². The molecule has 3 aromatic rings. The third kappa shape index (κ3) is 3.60. The fraction of sp³-hybridized carbons (Fsp3) is 0.238. The molecule has 0 bridgehead atoms. The minimum Gasteiger partial charge on any atom is -0.303 e. The van der Waals surface area contributed by atoms with E-state index >= 15 is 0 Å². The smallest absolute Gasteiger partial charge is 0.200 e. The maximum atomic E-state index is 14.0. The van der Waals surface area contributed by atoms with E-state index in [9.17, 15) is 22.0 Å². The molecule has 0 aliphatic heterocycles. The lowest BCUT2D eigenvalue weighted by molar-refractivity contribution is 0.381. The number of hydrogen-bond donors (Lipinski definition) is 1. The molecular formula is C21H16F5N3. The van der Waals surface area contributed by atoms with Crippen LogP contribution in [0, 0.1) is 29.1 Å². The van der Waals surface area contributed by atoms with Gasteiger partial charge in [0.15, 0.2) is 23.3 Å². The molecule has 29 heavy (non-hydrogen) atoms. The first-order valence-electron chi connectivity index (χ1n) is 9.11. The van der Waals surface area contributed by atoms with Crippen molar-refractivity contribution in [2.45, 2.75) is 31.8 Å². The van der Waals surface area contributed by atoms with E-state index in [0.29, 0.717) is 12.2 Å². The van der Waals surface area contributed by atoms with Gasteiger partial charge in [-0.1, -0.05) is 12.1 Å². The van der Waals surface area contributed by atoms with E-state index in [1.165, 1.54) is 17.7 Å². The zero-order valence-corrected chi connectivity index (χ0v) is 15.2. The Morgan fingerprint density at radius 1 is 0.897 bits per heavy atom. The summed E-state index contributed by atoms with van der Waals surface area (Å²) >= 11 is 0. The lowest BCUT2D eigenvalue weighted by Crippen LogP contribution is -2.26. The molecule has 0 saturated heterocycles. The van der Waals surface area contributed by atoms with Crippen molar-refractivity contribution in [1.82, 2.24) is 15.3 Å². The van der Waals surface area contributed by atoms with Gasteiger partial charge in [-0.3, -0.25) is 9.97 Å². The number of halogens is 5. The summed E-state index contributed by atoms with van der Waals surface area (Å²) in [6.07, 6.45) is 5.78. The molecular weight excluding hydrogens is 389 g/mol. The number of nitrogens with one attached hydrogen (secondary N) is 1. The van der Waals surface area contributed by atoms with Crippen LogP contribution in [0.15, 0.2) is 36.7 Å². The predicted octanol–water partition coefficient (Wildman–Crippen LogP) is 5.01. The lowest BCUT2D eigenvalue weighted by Gasteiger charge is -2.25. The van der Waals surface area contributed by atoms with Crippen LogP contribution in [0.3, 0.4) is 0 Å². The average Bonchev–Trinajstić information content (AvgIpc) is 2.76. The quantitative estimate of drug-likeness (QED) is 0.377. The molecule has 1 aliphatic rings.